The van der Waals surface area contributed by atoms with Gasteiger partial charge >= 0.3 is 0 Å². The molecule has 0 fully saturated rings. The number of halogens is 6. The normalized spacial score (nSPS) is 11.8. The first-order valence-electron chi connectivity index (χ1n) is 5.08. The molecule has 0 aliphatic carbocycles. The Balaban J connectivity index is 2.57. The van der Waals surface area contributed by atoms with Gasteiger partial charge in [0.1, 0.15) is 10.9 Å². The highest BCUT2D eigenvalue weighted by Gasteiger charge is 2.15. The minimum Gasteiger partial charge on any atom is -0.258 e. The van der Waals surface area contributed by atoms with Crippen LogP contribution in [0, 0.1) is 15.2 Å². The van der Waals surface area contributed by atoms with Crippen LogP contribution in [-0.4, -0.2) is 10.2 Å². The molecule has 8 heteroatoms. The summed E-state index contributed by atoms with van der Waals surface area (Å²) in [7, 11) is 0. The van der Waals surface area contributed by atoms with Crippen LogP contribution >= 0.6 is 57.4 Å². The van der Waals surface area contributed by atoms with Gasteiger partial charge in [-0.05, 0) is 34.7 Å². The Kier molecular flexibility index (Phi) is 5.17. The van der Waals surface area contributed by atoms with Crippen molar-refractivity contribution in [2.24, 2.45) is 4.99 Å². The number of rotatable bonds is 2. The molecule has 0 radical (unpaired) electrons. The van der Waals surface area contributed by atoms with Gasteiger partial charge < -0.3 is 0 Å². The molecule has 1 heterocycles. The van der Waals surface area contributed by atoms with E-state index in [1.54, 1.807) is 12.1 Å². The molecule has 0 N–H and O–H groups in total. The molecule has 0 aliphatic heterocycles. The van der Waals surface area contributed by atoms with E-state index in [0.717, 1.165) is 16.0 Å². The third-order valence-electron chi connectivity index (χ3n) is 2.25. The number of nitrogens with zero attached hydrogens (tertiary/aromatic N) is 2. The molecule has 0 saturated heterocycles. The SMILES string of the molecule is Fc1cncc(F)c1N=C(Cl)c1c(Cl)cc(I)cc1Cl. The summed E-state index contributed by atoms with van der Waals surface area (Å²) in [6, 6.07) is 3.22. The monoisotopic (exact) mass is 446 g/mol. The lowest BCUT2D eigenvalue weighted by Crippen LogP contribution is -1.96. The summed E-state index contributed by atoms with van der Waals surface area (Å²) in [5, 5.41) is 0.274. The Morgan fingerprint density at radius 2 is 1.60 bits per heavy atom. The molecule has 1 aromatic carbocycles. The lowest BCUT2D eigenvalue weighted by molar-refractivity contribution is 0.577. The molecule has 2 rings (SSSR count). The first-order chi connectivity index (χ1) is 9.40. The Morgan fingerprint density at radius 3 is 2.10 bits per heavy atom. The second kappa shape index (κ2) is 6.51. The van der Waals surface area contributed by atoms with E-state index >= 15 is 0 Å². The first-order valence-corrected chi connectivity index (χ1v) is 7.29. The highest BCUT2D eigenvalue weighted by molar-refractivity contribution is 14.1. The number of pyridine rings is 1. The van der Waals surface area contributed by atoms with Crippen LogP contribution in [0.1, 0.15) is 5.56 Å². The predicted octanol–water partition coefficient (Wildman–Crippen LogP) is 5.59. The van der Waals surface area contributed by atoms with Gasteiger partial charge in [-0.1, -0.05) is 34.8 Å². The van der Waals surface area contributed by atoms with Gasteiger partial charge in [0, 0.05) is 9.13 Å². The van der Waals surface area contributed by atoms with Crippen LogP contribution in [0.4, 0.5) is 14.5 Å². The average molecular weight is 447 g/mol. The predicted molar refractivity (Wildman–Crippen MR) is 85.4 cm³/mol. The summed E-state index contributed by atoms with van der Waals surface area (Å²) < 4.78 is 27.7. The molecule has 2 aromatic rings. The zero-order chi connectivity index (χ0) is 14.9. The van der Waals surface area contributed by atoms with Crippen molar-refractivity contribution >= 4 is 68.3 Å². The van der Waals surface area contributed by atoms with Crippen LogP contribution in [-0.2, 0) is 0 Å². The summed E-state index contributed by atoms with van der Waals surface area (Å²) in [5.41, 5.74) is -0.332. The molecule has 20 heavy (non-hydrogen) atoms. The van der Waals surface area contributed by atoms with Crippen LogP contribution in [0.25, 0.3) is 0 Å². The molecule has 2 nitrogen and oxygen atoms in total. The molecule has 104 valence electrons. The van der Waals surface area contributed by atoms with E-state index in [9.17, 15) is 8.78 Å². The van der Waals surface area contributed by atoms with E-state index < -0.39 is 17.3 Å². The number of hydrogen-bond donors (Lipinski definition) is 0. The maximum absolute atomic E-state index is 13.5. The standard InChI is InChI=1S/C12H4Cl3F2IN2/c13-6-1-5(18)2-7(14)10(6)12(15)20-11-8(16)3-19-4-9(11)17/h1-4H. The van der Waals surface area contributed by atoms with Crippen LogP contribution < -0.4 is 0 Å². The molecule has 0 spiro atoms. The van der Waals surface area contributed by atoms with Gasteiger partial charge in [0.15, 0.2) is 11.6 Å². The zero-order valence-corrected chi connectivity index (χ0v) is 13.9. The number of aromatic nitrogens is 1. The summed E-state index contributed by atoms with van der Waals surface area (Å²) >= 11 is 20.0. The van der Waals surface area contributed by atoms with Crippen molar-refractivity contribution in [3.63, 3.8) is 0 Å². The molecule has 0 saturated carbocycles. The Hall–Kier alpha value is -0.500. The minimum absolute atomic E-state index is 0.208. The second-order valence-electron chi connectivity index (χ2n) is 3.60. The van der Waals surface area contributed by atoms with Crippen LogP contribution in [0.15, 0.2) is 29.5 Å². The van der Waals surface area contributed by atoms with Gasteiger partial charge in [-0.3, -0.25) is 4.98 Å². The smallest absolute Gasteiger partial charge is 0.170 e. The highest BCUT2D eigenvalue weighted by Crippen LogP contribution is 2.31. The van der Waals surface area contributed by atoms with E-state index in [4.69, 9.17) is 34.8 Å². The Bertz CT molecular complexity index is 664. The number of benzene rings is 1. The molecule has 0 bridgehead atoms. The molecular weight excluding hydrogens is 443 g/mol. The molecule has 0 amide bonds. The Labute approximate surface area is 141 Å². The fraction of sp³-hybridized carbons (Fsp3) is 0. The fourth-order valence-electron chi connectivity index (χ4n) is 1.40. The van der Waals surface area contributed by atoms with Crippen molar-refractivity contribution in [1.82, 2.24) is 4.98 Å². The Morgan fingerprint density at radius 1 is 1.10 bits per heavy atom. The summed E-state index contributed by atoms with van der Waals surface area (Å²) in [6.45, 7) is 0. The van der Waals surface area contributed by atoms with Crippen LogP contribution in [0.3, 0.4) is 0 Å². The third-order valence-corrected chi connectivity index (χ3v) is 3.74. The van der Waals surface area contributed by atoms with E-state index in [2.05, 4.69) is 9.98 Å². The summed E-state index contributed by atoms with van der Waals surface area (Å²) in [4.78, 5) is 7.06. The highest BCUT2D eigenvalue weighted by atomic mass is 127. The zero-order valence-electron chi connectivity index (χ0n) is 9.47. The van der Waals surface area contributed by atoms with Crippen molar-refractivity contribution in [2.45, 2.75) is 0 Å². The largest absolute Gasteiger partial charge is 0.258 e. The van der Waals surface area contributed by atoms with Gasteiger partial charge in [0.25, 0.3) is 0 Å². The summed E-state index contributed by atoms with van der Waals surface area (Å²) in [6.07, 6.45) is 1.67. The minimum atomic E-state index is -0.930. The molecule has 0 unspecified atom stereocenters. The lowest BCUT2D eigenvalue weighted by atomic mass is 10.2. The molecule has 0 atom stereocenters. The van der Waals surface area contributed by atoms with Crippen molar-refractivity contribution < 1.29 is 8.78 Å². The number of aliphatic imine (C=N–C) groups is 1. The topological polar surface area (TPSA) is 25.2 Å². The first kappa shape index (κ1) is 15.9. The van der Waals surface area contributed by atoms with E-state index in [1.807, 2.05) is 22.6 Å². The molecule has 0 aliphatic rings. The third kappa shape index (κ3) is 3.39. The average Bonchev–Trinajstić information content (AvgIpc) is 2.32. The van der Waals surface area contributed by atoms with Crippen molar-refractivity contribution in [3.8, 4) is 0 Å². The van der Waals surface area contributed by atoms with Gasteiger partial charge in [-0.25, -0.2) is 13.8 Å². The maximum atomic E-state index is 13.5. The fourth-order valence-corrected chi connectivity index (χ4v) is 3.45. The number of hydrogen-bond acceptors (Lipinski definition) is 2. The van der Waals surface area contributed by atoms with Crippen LogP contribution in [0.5, 0.6) is 0 Å². The van der Waals surface area contributed by atoms with E-state index in [0.29, 0.717) is 0 Å². The van der Waals surface area contributed by atoms with E-state index in [-0.39, 0.29) is 20.8 Å². The maximum Gasteiger partial charge on any atom is 0.170 e. The molecular formula is C12H4Cl3F2IN2. The quantitative estimate of drug-likeness (QED) is 0.435. The van der Waals surface area contributed by atoms with Crippen molar-refractivity contribution in [3.05, 3.63) is 55.3 Å². The lowest BCUT2D eigenvalue weighted by Gasteiger charge is -2.06. The van der Waals surface area contributed by atoms with Gasteiger partial charge in [-0.15, -0.1) is 0 Å². The second-order valence-corrected chi connectivity index (χ2v) is 6.02. The van der Waals surface area contributed by atoms with Crippen LogP contribution in [0.2, 0.25) is 10.0 Å². The van der Waals surface area contributed by atoms with Crippen molar-refractivity contribution in [1.29, 1.82) is 0 Å². The van der Waals surface area contributed by atoms with Gasteiger partial charge in [0.05, 0.1) is 22.4 Å². The van der Waals surface area contributed by atoms with Crippen molar-refractivity contribution in [2.75, 3.05) is 0 Å². The molecule has 1 aromatic heterocycles. The van der Waals surface area contributed by atoms with Gasteiger partial charge in [-0.2, -0.15) is 0 Å². The van der Waals surface area contributed by atoms with Gasteiger partial charge in [0.2, 0.25) is 0 Å². The summed E-state index contributed by atoms with van der Waals surface area (Å²) in [5.74, 6) is -1.86. The van der Waals surface area contributed by atoms with E-state index in [1.165, 1.54) is 0 Å².